The summed E-state index contributed by atoms with van der Waals surface area (Å²) in [4.78, 5) is 12.6. The molecule has 2 aromatic heterocycles. The summed E-state index contributed by atoms with van der Waals surface area (Å²) in [5.41, 5.74) is 8.74. The molecule has 1 aromatic carbocycles. The highest BCUT2D eigenvalue weighted by molar-refractivity contribution is 6.06. The number of aryl methyl sites for hydroxylation is 2. The van der Waals surface area contributed by atoms with E-state index in [9.17, 15) is 4.79 Å². The molecule has 2 N–H and O–H groups in total. The van der Waals surface area contributed by atoms with Crippen molar-refractivity contribution < 1.29 is 9.21 Å². The highest BCUT2D eigenvalue weighted by Crippen LogP contribution is 2.25. The van der Waals surface area contributed by atoms with Crippen LogP contribution in [-0.4, -0.2) is 10.5 Å². The van der Waals surface area contributed by atoms with E-state index in [0.717, 1.165) is 16.5 Å². The summed E-state index contributed by atoms with van der Waals surface area (Å²) in [6.07, 6.45) is 3.34. The van der Waals surface area contributed by atoms with Crippen molar-refractivity contribution in [3.05, 3.63) is 53.6 Å². The summed E-state index contributed by atoms with van der Waals surface area (Å²) in [6, 6.07) is 7.49. The van der Waals surface area contributed by atoms with Gasteiger partial charge in [0.05, 0.1) is 23.0 Å². The average Bonchev–Trinajstić information content (AvgIpc) is 2.94. The van der Waals surface area contributed by atoms with Crippen molar-refractivity contribution in [1.82, 2.24) is 4.57 Å². The molecule has 0 radical (unpaired) electrons. The molecule has 2 heterocycles. The van der Waals surface area contributed by atoms with Gasteiger partial charge in [-0.05, 0) is 26.0 Å². The Morgan fingerprint density at radius 1 is 1.26 bits per heavy atom. The fraction of sp³-hybridized carbons (Fsp3) is 0.133. The van der Waals surface area contributed by atoms with E-state index < -0.39 is 0 Å². The standard InChI is InChI=1S/C15H14N2O2/c1-9-8-19-10(2)13(9)15(18)17-7-6-11-4-3-5-12(16)14(11)17/h3-8H,16H2,1-2H3. The Bertz CT molecular complexity index is 761. The second-order valence-electron chi connectivity index (χ2n) is 4.63. The van der Waals surface area contributed by atoms with E-state index in [0.29, 0.717) is 17.0 Å². The van der Waals surface area contributed by atoms with Gasteiger partial charge in [-0.15, -0.1) is 0 Å². The molecule has 19 heavy (non-hydrogen) atoms. The number of furan rings is 1. The molecule has 0 atom stereocenters. The average molecular weight is 254 g/mol. The second-order valence-corrected chi connectivity index (χ2v) is 4.63. The van der Waals surface area contributed by atoms with E-state index >= 15 is 0 Å². The Morgan fingerprint density at radius 2 is 2.05 bits per heavy atom. The molecule has 0 aliphatic carbocycles. The van der Waals surface area contributed by atoms with E-state index in [-0.39, 0.29) is 5.91 Å². The number of hydrogen-bond acceptors (Lipinski definition) is 3. The summed E-state index contributed by atoms with van der Waals surface area (Å²) in [7, 11) is 0. The fourth-order valence-corrected chi connectivity index (χ4v) is 2.40. The smallest absolute Gasteiger partial charge is 0.266 e. The Balaban J connectivity index is 2.23. The topological polar surface area (TPSA) is 61.2 Å². The van der Waals surface area contributed by atoms with Gasteiger partial charge in [0.1, 0.15) is 5.76 Å². The van der Waals surface area contributed by atoms with Crippen molar-refractivity contribution in [3.8, 4) is 0 Å². The first-order chi connectivity index (χ1) is 9.09. The lowest BCUT2D eigenvalue weighted by molar-refractivity contribution is 0.0963. The first-order valence-electron chi connectivity index (χ1n) is 6.04. The number of benzene rings is 1. The van der Waals surface area contributed by atoms with Crippen LogP contribution in [0.5, 0.6) is 0 Å². The molecule has 3 rings (SSSR count). The first kappa shape index (κ1) is 11.6. The van der Waals surface area contributed by atoms with Crippen molar-refractivity contribution in [1.29, 1.82) is 0 Å². The zero-order valence-corrected chi connectivity index (χ0v) is 10.8. The molecule has 0 aliphatic rings. The number of fused-ring (bicyclic) bond motifs is 1. The fourth-order valence-electron chi connectivity index (χ4n) is 2.40. The molecule has 0 saturated carbocycles. The van der Waals surface area contributed by atoms with Gasteiger partial charge in [-0.25, -0.2) is 0 Å². The predicted molar refractivity (Wildman–Crippen MR) is 74.3 cm³/mol. The molecule has 0 unspecified atom stereocenters. The van der Waals surface area contributed by atoms with Gasteiger partial charge >= 0.3 is 0 Å². The number of nitrogen functional groups attached to an aromatic ring is 1. The lowest BCUT2D eigenvalue weighted by Gasteiger charge is -2.06. The lowest BCUT2D eigenvalue weighted by atomic mass is 10.1. The van der Waals surface area contributed by atoms with Crippen LogP contribution in [0.25, 0.3) is 10.9 Å². The van der Waals surface area contributed by atoms with Crippen molar-refractivity contribution in [2.24, 2.45) is 0 Å². The molecular formula is C15H14N2O2. The van der Waals surface area contributed by atoms with Gasteiger partial charge in [-0.2, -0.15) is 0 Å². The third-order valence-electron chi connectivity index (χ3n) is 3.33. The third kappa shape index (κ3) is 1.64. The summed E-state index contributed by atoms with van der Waals surface area (Å²) in [5.74, 6) is 0.510. The maximum absolute atomic E-state index is 12.6. The molecular weight excluding hydrogens is 240 g/mol. The van der Waals surface area contributed by atoms with Crippen LogP contribution < -0.4 is 5.73 Å². The quantitative estimate of drug-likeness (QED) is 0.679. The van der Waals surface area contributed by atoms with Crippen LogP contribution >= 0.6 is 0 Å². The zero-order chi connectivity index (χ0) is 13.6. The maximum atomic E-state index is 12.6. The van der Waals surface area contributed by atoms with Crippen LogP contribution in [0.3, 0.4) is 0 Å². The molecule has 0 spiro atoms. The normalized spacial score (nSPS) is 11.1. The third-order valence-corrected chi connectivity index (χ3v) is 3.33. The molecule has 3 aromatic rings. The number of carbonyl (C=O) groups is 1. The number of nitrogens with two attached hydrogens (primary N) is 1. The van der Waals surface area contributed by atoms with Gasteiger partial charge in [0.25, 0.3) is 5.91 Å². The van der Waals surface area contributed by atoms with Crippen molar-refractivity contribution in [2.75, 3.05) is 5.73 Å². The van der Waals surface area contributed by atoms with Crippen LogP contribution in [0, 0.1) is 13.8 Å². The van der Waals surface area contributed by atoms with E-state index in [2.05, 4.69) is 0 Å². The minimum atomic E-state index is -0.114. The number of carbonyl (C=O) groups excluding carboxylic acids is 1. The van der Waals surface area contributed by atoms with Crippen LogP contribution in [0.15, 0.2) is 41.1 Å². The first-order valence-corrected chi connectivity index (χ1v) is 6.04. The predicted octanol–water partition coefficient (Wildman–Crippen LogP) is 3.12. The number of para-hydroxylation sites is 1. The summed E-state index contributed by atoms with van der Waals surface area (Å²) in [6.45, 7) is 3.65. The van der Waals surface area contributed by atoms with Gasteiger partial charge in [0.2, 0.25) is 0 Å². The zero-order valence-electron chi connectivity index (χ0n) is 10.8. The van der Waals surface area contributed by atoms with Gasteiger partial charge in [-0.1, -0.05) is 12.1 Å². The van der Waals surface area contributed by atoms with Gasteiger partial charge < -0.3 is 10.2 Å². The minimum absolute atomic E-state index is 0.114. The Kier molecular flexibility index (Phi) is 2.45. The number of rotatable bonds is 1. The molecule has 4 heteroatoms. The van der Waals surface area contributed by atoms with E-state index in [1.807, 2.05) is 25.1 Å². The Labute approximate surface area is 110 Å². The lowest BCUT2D eigenvalue weighted by Crippen LogP contribution is -2.13. The van der Waals surface area contributed by atoms with E-state index in [1.165, 1.54) is 0 Å². The van der Waals surface area contributed by atoms with Crippen molar-refractivity contribution in [2.45, 2.75) is 13.8 Å². The monoisotopic (exact) mass is 254 g/mol. The highest BCUT2D eigenvalue weighted by Gasteiger charge is 2.19. The number of hydrogen-bond donors (Lipinski definition) is 1. The van der Waals surface area contributed by atoms with Crippen LogP contribution in [0.1, 0.15) is 21.7 Å². The summed E-state index contributed by atoms with van der Waals surface area (Å²) in [5, 5.41) is 0.951. The molecule has 0 amide bonds. The highest BCUT2D eigenvalue weighted by atomic mass is 16.3. The molecule has 0 aliphatic heterocycles. The number of anilines is 1. The van der Waals surface area contributed by atoms with E-state index in [4.69, 9.17) is 10.2 Å². The molecule has 96 valence electrons. The maximum Gasteiger partial charge on any atom is 0.266 e. The van der Waals surface area contributed by atoms with Gasteiger partial charge in [0.15, 0.2) is 0 Å². The number of aromatic nitrogens is 1. The van der Waals surface area contributed by atoms with Gasteiger partial charge in [0, 0.05) is 17.1 Å². The summed E-state index contributed by atoms with van der Waals surface area (Å²) < 4.78 is 6.87. The van der Waals surface area contributed by atoms with Gasteiger partial charge in [-0.3, -0.25) is 9.36 Å². The molecule has 0 fully saturated rings. The summed E-state index contributed by atoms with van der Waals surface area (Å²) >= 11 is 0. The second kappa shape index (κ2) is 4.02. The molecule has 4 nitrogen and oxygen atoms in total. The van der Waals surface area contributed by atoms with Crippen LogP contribution in [-0.2, 0) is 0 Å². The van der Waals surface area contributed by atoms with Crippen LogP contribution in [0.4, 0.5) is 5.69 Å². The van der Waals surface area contributed by atoms with E-state index in [1.54, 1.807) is 30.0 Å². The Hall–Kier alpha value is -2.49. The largest absolute Gasteiger partial charge is 0.469 e. The van der Waals surface area contributed by atoms with Crippen LogP contribution in [0.2, 0.25) is 0 Å². The van der Waals surface area contributed by atoms with Crippen molar-refractivity contribution in [3.63, 3.8) is 0 Å². The SMILES string of the molecule is Cc1coc(C)c1C(=O)n1ccc2cccc(N)c21. The molecule has 0 bridgehead atoms. The molecule has 0 saturated heterocycles. The van der Waals surface area contributed by atoms with Crippen molar-refractivity contribution >= 4 is 22.5 Å². The minimum Gasteiger partial charge on any atom is -0.469 e. The Morgan fingerprint density at radius 3 is 2.74 bits per heavy atom. The number of nitrogens with zero attached hydrogens (tertiary/aromatic N) is 1.